The van der Waals surface area contributed by atoms with E-state index in [1.165, 1.54) is 22.7 Å². The van der Waals surface area contributed by atoms with E-state index >= 15 is 0 Å². The first-order valence-electron chi connectivity index (χ1n) is 6.94. The van der Waals surface area contributed by atoms with Gasteiger partial charge in [-0.15, -0.1) is 22.7 Å². The molecule has 0 saturated heterocycles. The number of carbonyl (C=O) groups excluding carboxylic acids is 1. The molecule has 0 spiro atoms. The van der Waals surface area contributed by atoms with Crippen molar-refractivity contribution < 1.29 is 14.7 Å². The Morgan fingerprint density at radius 2 is 1.88 bits per heavy atom. The number of aryl methyl sites for hydroxylation is 1. The number of amides is 1. The van der Waals surface area contributed by atoms with E-state index in [4.69, 9.17) is 0 Å². The Kier molecular flexibility index (Phi) is 4.84. The molecule has 24 heavy (non-hydrogen) atoms. The van der Waals surface area contributed by atoms with Gasteiger partial charge in [-0.2, -0.15) is 0 Å². The van der Waals surface area contributed by atoms with Gasteiger partial charge in [-0.05, 0) is 35.6 Å². The van der Waals surface area contributed by atoms with Crippen LogP contribution in [-0.4, -0.2) is 17.0 Å². The number of anilines is 1. The molecule has 2 N–H and O–H groups in total. The van der Waals surface area contributed by atoms with Crippen molar-refractivity contribution in [2.24, 2.45) is 0 Å². The van der Waals surface area contributed by atoms with Crippen LogP contribution >= 0.6 is 38.6 Å². The fraction of sp³-hybridized carbons (Fsp3) is 0.0588. The maximum absolute atomic E-state index is 12.4. The average molecular weight is 422 g/mol. The monoisotopic (exact) mass is 421 g/mol. The van der Waals surface area contributed by atoms with E-state index in [1.54, 1.807) is 5.38 Å². The highest BCUT2D eigenvalue weighted by atomic mass is 79.9. The zero-order chi connectivity index (χ0) is 17.3. The fourth-order valence-corrected chi connectivity index (χ4v) is 4.57. The first-order valence-corrected chi connectivity index (χ1v) is 9.49. The van der Waals surface area contributed by atoms with Gasteiger partial charge in [0, 0.05) is 15.4 Å². The molecular weight excluding hydrogens is 410 g/mol. The molecule has 2 heterocycles. The van der Waals surface area contributed by atoms with Gasteiger partial charge in [-0.1, -0.05) is 34.1 Å². The van der Waals surface area contributed by atoms with Crippen molar-refractivity contribution in [1.29, 1.82) is 0 Å². The molecule has 0 saturated carbocycles. The predicted octanol–water partition coefficient (Wildman–Crippen LogP) is 5.50. The molecule has 0 aliphatic carbocycles. The lowest BCUT2D eigenvalue weighted by atomic mass is 10.0. The van der Waals surface area contributed by atoms with Gasteiger partial charge >= 0.3 is 5.97 Å². The summed E-state index contributed by atoms with van der Waals surface area (Å²) >= 11 is 5.99. The van der Waals surface area contributed by atoms with Crippen LogP contribution in [0.2, 0.25) is 0 Å². The topological polar surface area (TPSA) is 66.4 Å². The van der Waals surface area contributed by atoms with Crippen LogP contribution in [0.15, 0.2) is 45.6 Å². The molecule has 0 bridgehead atoms. The molecule has 1 amide bonds. The minimum atomic E-state index is -1.07. The number of hydrogen-bond acceptors (Lipinski definition) is 4. The van der Waals surface area contributed by atoms with Crippen molar-refractivity contribution in [3.8, 4) is 11.1 Å². The first-order chi connectivity index (χ1) is 11.5. The van der Waals surface area contributed by atoms with E-state index in [1.807, 2.05) is 42.6 Å². The molecule has 1 aromatic carbocycles. The lowest BCUT2D eigenvalue weighted by Gasteiger charge is -2.07. The number of carboxylic acid groups (broad SMARTS) is 1. The van der Waals surface area contributed by atoms with Crippen LogP contribution in [0, 0.1) is 6.92 Å². The molecular formula is C17H12BrNO3S2. The van der Waals surface area contributed by atoms with Gasteiger partial charge in [-0.3, -0.25) is 4.79 Å². The lowest BCUT2D eigenvalue weighted by Crippen LogP contribution is -2.13. The minimum absolute atomic E-state index is 0.106. The molecule has 3 rings (SSSR count). The number of nitrogens with one attached hydrogen (secondary N) is 1. The van der Waals surface area contributed by atoms with E-state index in [2.05, 4.69) is 21.2 Å². The highest BCUT2D eigenvalue weighted by Crippen LogP contribution is 2.39. The smallest absolute Gasteiger partial charge is 0.339 e. The van der Waals surface area contributed by atoms with Crippen molar-refractivity contribution in [2.45, 2.75) is 6.92 Å². The SMILES string of the molecule is Cc1ccsc1C(=O)Nc1scc(-c2ccccc2Br)c1C(=O)O. The maximum atomic E-state index is 12.4. The first kappa shape index (κ1) is 16.9. The third kappa shape index (κ3) is 3.15. The van der Waals surface area contributed by atoms with Crippen molar-refractivity contribution >= 4 is 55.5 Å². The van der Waals surface area contributed by atoms with Gasteiger partial charge in [-0.25, -0.2) is 4.79 Å². The number of carboxylic acids is 1. The van der Waals surface area contributed by atoms with Gasteiger partial charge in [0.2, 0.25) is 0 Å². The zero-order valence-electron chi connectivity index (χ0n) is 12.5. The van der Waals surface area contributed by atoms with Crippen molar-refractivity contribution in [3.63, 3.8) is 0 Å². The fourth-order valence-electron chi connectivity index (χ4n) is 2.31. The largest absolute Gasteiger partial charge is 0.478 e. The quantitative estimate of drug-likeness (QED) is 0.584. The molecule has 122 valence electrons. The number of benzene rings is 1. The summed E-state index contributed by atoms with van der Waals surface area (Å²) in [4.78, 5) is 24.7. The highest BCUT2D eigenvalue weighted by Gasteiger charge is 2.23. The standard InChI is InChI=1S/C17H12BrNO3S2/c1-9-6-7-23-14(9)15(20)19-16-13(17(21)22)11(8-24-16)10-4-2-3-5-12(10)18/h2-8H,1H3,(H,19,20)(H,21,22). The van der Waals surface area contributed by atoms with Crippen LogP contribution in [0.4, 0.5) is 5.00 Å². The van der Waals surface area contributed by atoms with E-state index in [0.717, 1.165) is 15.6 Å². The van der Waals surface area contributed by atoms with Crippen LogP contribution in [0.3, 0.4) is 0 Å². The zero-order valence-corrected chi connectivity index (χ0v) is 15.7. The second kappa shape index (κ2) is 6.88. The molecule has 0 atom stereocenters. The molecule has 0 radical (unpaired) electrons. The number of aromatic carboxylic acids is 1. The second-order valence-corrected chi connectivity index (χ2v) is 7.68. The van der Waals surface area contributed by atoms with Gasteiger partial charge in [0.15, 0.2) is 0 Å². The number of hydrogen-bond donors (Lipinski definition) is 2. The lowest BCUT2D eigenvalue weighted by molar-refractivity contribution is 0.0699. The summed E-state index contributed by atoms with van der Waals surface area (Å²) < 4.78 is 0.803. The summed E-state index contributed by atoms with van der Waals surface area (Å²) in [6, 6.07) is 9.26. The summed E-state index contributed by atoms with van der Waals surface area (Å²) in [5, 5.41) is 16.3. The van der Waals surface area contributed by atoms with Crippen LogP contribution in [0.1, 0.15) is 25.6 Å². The molecule has 0 fully saturated rings. The predicted molar refractivity (Wildman–Crippen MR) is 101 cm³/mol. The Balaban J connectivity index is 2.01. The van der Waals surface area contributed by atoms with Gasteiger partial charge in [0.1, 0.15) is 10.6 Å². The van der Waals surface area contributed by atoms with Crippen molar-refractivity contribution in [2.75, 3.05) is 5.32 Å². The third-order valence-corrected chi connectivity index (χ3v) is 6.07. The van der Waals surface area contributed by atoms with Crippen LogP contribution in [0.25, 0.3) is 11.1 Å². The van der Waals surface area contributed by atoms with E-state index in [-0.39, 0.29) is 11.5 Å². The molecule has 7 heteroatoms. The summed E-state index contributed by atoms with van der Waals surface area (Å²) in [5.74, 6) is -1.36. The van der Waals surface area contributed by atoms with Crippen LogP contribution in [-0.2, 0) is 0 Å². The number of rotatable bonds is 4. The Hall–Kier alpha value is -1.96. The Morgan fingerprint density at radius 3 is 2.50 bits per heavy atom. The van der Waals surface area contributed by atoms with Gasteiger partial charge in [0.05, 0.1) is 4.88 Å². The Labute approximate surface area is 154 Å². The molecule has 0 aliphatic rings. The van der Waals surface area contributed by atoms with E-state index in [0.29, 0.717) is 15.4 Å². The van der Waals surface area contributed by atoms with Crippen molar-refractivity contribution in [1.82, 2.24) is 0 Å². The van der Waals surface area contributed by atoms with Crippen molar-refractivity contribution in [3.05, 3.63) is 61.6 Å². The van der Waals surface area contributed by atoms with Crippen LogP contribution < -0.4 is 5.32 Å². The molecule has 3 aromatic rings. The summed E-state index contributed by atoms with van der Waals surface area (Å²) in [7, 11) is 0. The normalized spacial score (nSPS) is 10.6. The summed E-state index contributed by atoms with van der Waals surface area (Å²) in [6.45, 7) is 1.85. The number of carbonyl (C=O) groups is 2. The minimum Gasteiger partial charge on any atom is -0.478 e. The molecule has 2 aromatic heterocycles. The van der Waals surface area contributed by atoms with Crippen LogP contribution in [0.5, 0.6) is 0 Å². The number of thiophene rings is 2. The Bertz CT molecular complexity index is 930. The molecule has 0 unspecified atom stereocenters. The third-order valence-electron chi connectivity index (χ3n) is 3.46. The maximum Gasteiger partial charge on any atom is 0.339 e. The summed E-state index contributed by atoms with van der Waals surface area (Å²) in [6.07, 6.45) is 0. The average Bonchev–Trinajstić information content (AvgIpc) is 3.14. The second-order valence-electron chi connectivity index (χ2n) is 5.03. The van der Waals surface area contributed by atoms with E-state index in [9.17, 15) is 14.7 Å². The number of halogens is 1. The highest BCUT2D eigenvalue weighted by molar-refractivity contribution is 9.10. The van der Waals surface area contributed by atoms with E-state index < -0.39 is 5.97 Å². The van der Waals surface area contributed by atoms with Gasteiger partial charge in [0.25, 0.3) is 5.91 Å². The summed E-state index contributed by atoms with van der Waals surface area (Å²) in [5.41, 5.74) is 2.34. The molecule has 0 aliphatic heterocycles. The van der Waals surface area contributed by atoms with Gasteiger partial charge < -0.3 is 10.4 Å². The Morgan fingerprint density at radius 1 is 1.12 bits per heavy atom. The molecule has 4 nitrogen and oxygen atoms in total.